The molecule has 0 spiro atoms. The Bertz CT molecular complexity index is 1270. The third kappa shape index (κ3) is 11.0. The summed E-state index contributed by atoms with van der Waals surface area (Å²) in [7, 11) is 1.71. The second-order valence-electron chi connectivity index (χ2n) is 19.6. The van der Waals surface area contributed by atoms with Gasteiger partial charge in [0.15, 0.2) is 17.7 Å². The van der Waals surface area contributed by atoms with E-state index in [2.05, 4.69) is 24.1 Å². The molecule has 0 radical (unpaired) electrons. The molecule has 1 aliphatic heterocycles. The number of Topliss-reactive ketones (excluding diaryl/α,β-unsaturated/α-hetero) is 2. The molecule has 5 aliphatic carbocycles. The van der Waals surface area contributed by atoms with E-state index in [1.54, 1.807) is 7.11 Å². The van der Waals surface area contributed by atoms with E-state index in [1.807, 2.05) is 0 Å². The predicted molar refractivity (Wildman–Crippen MR) is 217 cm³/mol. The average Bonchev–Trinajstić information content (AvgIpc) is 3.38. The fraction of sp³-hybridized carbons (Fsp3) is 0.915. The fourth-order valence-electron chi connectivity index (χ4n) is 13.1. The maximum Gasteiger partial charge on any atom is 0.173 e. The van der Waals surface area contributed by atoms with Crippen LogP contribution in [0.3, 0.4) is 0 Å². The second kappa shape index (κ2) is 21.1. The molecule has 8 nitrogen and oxygen atoms in total. The SMILES string of the molecule is CCC[C@H](CO)[C@H]1C[C@@H](CC2CCNC(N)C2)C[C@@H]2C#CC(C3CCCCC3)C3C(CCC(=O)[C@H](O)C(=O)[C@H]2C1)CC(OC)C(O)C3CCC1CCCCC1. The Labute approximate surface area is 333 Å². The first-order chi connectivity index (χ1) is 26.7. The molecule has 6 rings (SSSR count). The number of carbonyl (C=O) groups is 2. The van der Waals surface area contributed by atoms with Crippen LogP contribution in [0, 0.1) is 82.9 Å². The van der Waals surface area contributed by atoms with Crippen LogP contribution in [-0.4, -0.2) is 71.6 Å². The van der Waals surface area contributed by atoms with Crippen LogP contribution in [0.1, 0.15) is 155 Å². The van der Waals surface area contributed by atoms with E-state index in [-0.39, 0.29) is 78.3 Å². The number of aliphatic hydroxyl groups excluding tert-OH is 3. The Kier molecular flexibility index (Phi) is 16.6. The zero-order valence-electron chi connectivity index (χ0n) is 34.6. The smallest absolute Gasteiger partial charge is 0.173 e. The molecule has 5 fully saturated rings. The van der Waals surface area contributed by atoms with Gasteiger partial charge < -0.3 is 31.1 Å². The lowest BCUT2D eigenvalue weighted by molar-refractivity contribution is -0.143. The third-order valence-corrected chi connectivity index (χ3v) is 16.1. The zero-order chi connectivity index (χ0) is 38.9. The maximum absolute atomic E-state index is 14.5. The van der Waals surface area contributed by atoms with Gasteiger partial charge >= 0.3 is 0 Å². The van der Waals surface area contributed by atoms with Crippen molar-refractivity contribution in [3.05, 3.63) is 0 Å². The number of rotatable bonds is 11. The van der Waals surface area contributed by atoms with Crippen molar-refractivity contribution in [3.63, 3.8) is 0 Å². The zero-order valence-corrected chi connectivity index (χ0v) is 34.6. The number of nitrogens with one attached hydrogen (secondary N) is 1. The highest BCUT2D eigenvalue weighted by atomic mass is 16.5. The highest BCUT2D eigenvalue weighted by molar-refractivity contribution is 6.06. The molecule has 6 N–H and O–H groups in total. The van der Waals surface area contributed by atoms with Crippen molar-refractivity contribution in [1.29, 1.82) is 0 Å². The normalized spacial score (nSPS) is 40.7. The Morgan fingerprint density at radius 3 is 2.27 bits per heavy atom. The van der Waals surface area contributed by atoms with Gasteiger partial charge in [-0.3, -0.25) is 9.59 Å². The first-order valence-corrected chi connectivity index (χ1v) is 23.3. The molecule has 1 heterocycles. The van der Waals surface area contributed by atoms with Crippen LogP contribution >= 0.6 is 0 Å². The van der Waals surface area contributed by atoms with Crippen molar-refractivity contribution in [2.45, 2.75) is 179 Å². The molecule has 0 aromatic heterocycles. The number of nitrogens with two attached hydrogens (primary N) is 1. The topological polar surface area (TPSA) is 142 Å². The van der Waals surface area contributed by atoms with Crippen LogP contribution in [0.4, 0.5) is 0 Å². The number of methoxy groups -OCH3 is 1. The molecule has 312 valence electrons. The van der Waals surface area contributed by atoms with Crippen molar-refractivity contribution < 1.29 is 29.6 Å². The van der Waals surface area contributed by atoms with Gasteiger partial charge in [-0.15, -0.1) is 0 Å². The van der Waals surface area contributed by atoms with Crippen LogP contribution in [0.2, 0.25) is 0 Å². The molecule has 14 atom stereocenters. The van der Waals surface area contributed by atoms with E-state index >= 15 is 0 Å². The van der Waals surface area contributed by atoms with Crippen molar-refractivity contribution in [2.24, 2.45) is 76.7 Å². The quantitative estimate of drug-likeness (QED) is 0.110. The first-order valence-electron chi connectivity index (χ1n) is 23.3. The summed E-state index contributed by atoms with van der Waals surface area (Å²) in [6.45, 7) is 3.16. The van der Waals surface area contributed by atoms with Crippen molar-refractivity contribution in [1.82, 2.24) is 5.32 Å². The predicted octanol–water partition coefficient (Wildman–Crippen LogP) is 7.20. The van der Waals surface area contributed by atoms with E-state index in [1.165, 1.54) is 51.4 Å². The van der Waals surface area contributed by atoms with Gasteiger partial charge in [0.2, 0.25) is 0 Å². The molecule has 0 aromatic carbocycles. The number of hydrogen-bond donors (Lipinski definition) is 5. The van der Waals surface area contributed by atoms with Gasteiger partial charge in [-0.05, 0) is 137 Å². The van der Waals surface area contributed by atoms with Gasteiger partial charge in [0.25, 0.3) is 0 Å². The highest BCUT2D eigenvalue weighted by Crippen LogP contribution is 2.51. The van der Waals surface area contributed by atoms with Gasteiger partial charge in [0, 0.05) is 37.9 Å². The van der Waals surface area contributed by atoms with Gasteiger partial charge in [-0.2, -0.15) is 0 Å². The largest absolute Gasteiger partial charge is 0.396 e. The van der Waals surface area contributed by atoms with E-state index in [9.17, 15) is 24.9 Å². The number of fused-ring (bicyclic) bond motifs is 2. The van der Waals surface area contributed by atoms with Gasteiger partial charge in [-0.1, -0.05) is 83.0 Å². The molecule has 8 heteroatoms. The minimum absolute atomic E-state index is 0.000954. The molecular formula is C47H78N2O6. The molecule has 0 bridgehead atoms. The Hall–Kier alpha value is -1.34. The van der Waals surface area contributed by atoms with Crippen LogP contribution in [0.15, 0.2) is 0 Å². The van der Waals surface area contributed by atoms with Crippen LogP contribution in [0.5, 0.6) is 0 Å². The number of aliphatic hydroxyl groups is 3. The van der Waals surface area contributed by atoms with Crippen molar-refractivity contribution in [2.75, 3.05) is 20.3 Å². The summed E-state index contributed by atoms with van der Waals surface area (Å²) >= 11 is 0. The number of ether oxygens (including phenoxy) is 1. The Balaban J connectivity index is 1.41. The summed E-state index contributed by atoms with van der Waals surface area (Å²) in [6, 6.07) is 0. The summed E-state index contributed by atoms with van der Waals surface area (Å²) in [4.78, 5) is 28.5. The summed E-state index contributed by atoms with van der Waals surface area (Å²) in [6.07, 6.45) is 20.6. The number of piperidine rings is 1. The molecular weight excluding hydrogens is 689 g/mol. The van der Waals surface area contributed by atoms with Crippen LogP contribution in [0.25, 0.3) is 0 Å². The lowest BCUT2D eigenvalue weighted by Crippen LogP contribution is -2.51. The minimum Gasteiger partial charge on any atom is -0.396 e. The maximum atomic E-state index is 14.5. The number of ketones is 2. The van der Waals surface area contributed by atoms with Gasteiger partial charge in [0.1, 0.15) is 0 Å². The van der Waals surface area contributed by atoms with Gasteiger partial charge in [0.05, 0.1) is 18.4 Å². The molecule has 4 saturated carbocycles. The molecule has 8 unspecified atom stereocenters. The fourth-order valence-corrected chi connectivity index (χ4v) is 13.1. The Morgan fingerprint density at radius 2 is 1.58 bits per heavy atom. The summed E-state index contributed by atoms with van der Waals surface area (Å²) in [5.41, 5.74) is 6.39. The highest BCUT2D eigenvalue weighted by Gasteiger charge is 2.50. The van der Waals surface area contributed by atoms with Crippen molar-refractivity contribution >= 4 is 11.6 Å². The molecule has 55 heavy (non-hydrogen) atoms. The van der Waals surface area contributed by atoms with Crippen molar-refractivity contribution in [3.8, 4) is 11.8 Å². The Morgan fingerprint density at radius 1 is 0.836 bits per heavy atom. The summed E-state index contributed by atoms with van der Waals surface area (Å²) in [5.74, 6) is 8.96. The number of hydrogen-bond acceptors (Lipinski definition) is 8. The lowest BCUT2D eigenvalue weighted by Gasteiger charge is -2.49. The molecule has 6 aliphatic rings. The molecule has 0 aromatic rings. The number of carbonyl (C=O) groups excluding carboxylic acids is 2. The minimum atomic E-state index is -1.64. The van der Waals surface area contributed by atoms with E-state index in [4.69, 9.17) is 10.5 Å². The average molecular weight is 767 g/mol. The molecule has 0 amide bonds. The second-order valence-corrected chi connectivity index (χ2v) is 19.6. The van der Waals surface area contributed by atoms with E-state index < -0.39 is 18.1 Å². The van der Waals surface area contributed by atoms with Crippen LogP contribution < -0.4 is 11.1 Å². The summed E-state index contributed by atoms with van der Waals surface area (Å²) in [5, 5.41) is 37.8. The van der Waals surface area contributed by atoms with Crippen LogP contribution in [-0.2, 0) is 14.3 Å². The first kappa shape index (κ1) is 43.2. The van der Waals surface area contributed by atoms with Gasteiger partial charge in [-0.25, -0.2) is 0 Å². The lowest BCUT2D eigenvalue weighted by atomic mass is 9.57. The van der Waals surface area contributed by atoms with E-state index in [0.717, 1.165) is 77.2 Å². The monoisotopic (exact) mass is 767 g/mol. The molecule has 1 saturated heterocycles. The standard InChI is InChI=1S/C47H78N2O6/c1-3-10-36(29-50)37-25-32(23-31-21-22-49-43(48)26-31)24-34-16-19-38(33-13-8-5-9-14-33)44-35(17-20-41(51)47(54)46(53)40(34)27-37)28-42(55-2)45(52)39(44)18-15-30-11-6-4-7-12-30/h30-40,42-45,47,49-50,52,54H,3-15,17-18,20-29,48H2,1-2H3/t31?,32-,34-,35?,36+,37-,38?,39?,40-,42?,43?,44?,45?,47-/m0/s1. The third-order valence-electron chi connectivity index (χ3n) is 16.1. The van der Waals surface area contributed by atoms with E-state index in [0.29, 0.717) is 42.9 Å². The summed E-state index contributed by atoms with van der Waals surface area (Å²) < 4.78 is 6.01.